The number of ether oxygens (including phenoxy) is 5. The zero-order chi connectivity index (χ0) is 21.7. The predicted molar refractivity (Wildman–Crippen MR) is 109 cm³/mol. The molecule has 156 valence electrons. The molecule has 3 rings (SSSR count). The summed E-state index contributed by atoms with van der Waals surface area (Å²) in [4.78, 5) is 27.8. The van der Waals surface area contributed by atoms with Crippen LogP contribution in [0.15, 0.2) is 47.1 Å². The molecule has 0 aromatic heterocycles. The quantitative estimate of drug-likeness (QED) is 0.490. The van der Waals surface area contributed by atoms with E-state index in [9.17, 15) is 9.59 Å². The average Bonchev–Trinajstić information content (AvgIpc) is 3.12. The van der Waals surface area contributed by atoms with Crippen molar-refractivity contribution in [1.29, 1.82) is 0 Å². The molecule has 0 bridgehead atoms. The highest BCUT2D eigenvalue weighted by Crippen LogP contribution is 2.37. The number of cyclic esters (lactones) is 1. The first kappa shape index (κ1) is 21.2. The summed E-state index contributed by atoms with van der Waals surface area (Å²) in [6.45, 7) is -0.326. The molecule has 0 N–H and O–H groups in total. The van der Waals surface area contributed by atoms with E-state index < -0.39 is 11.9 Å². The van der Waals surface area contributed by atoms with E-state index in [2.05, 4.69) is 9.73 Å². The molecule has 1 aliphatic heterocycles. The number of rotatable bonds is 7. The number of nitrogens with zero attached hydrogens (tertiary/aromatic N) is 1. The van der Waals surface area contributed by atoms with Gasteiger partial charge in [-0.3, -0.25) is 0 Å². The van der Waals surface area contributed by atoms with Gasteiger partial charge in [0, 0.05) is 5.56 Å². The minimum absolute atomic E-state index is 0.0918. The number of aliphatic imine (C=N–C) groups is 1. The van der Waals surface area contributed by atoms with Gasteiger partial charge in [0.15, 0.2) is 23.8 Å². The molecule has 8 nitrogen and oxygen atoms in total. The van der Waals surface area contributed by atoms with Gasteiger partial charge >= 0.3 is 11.9 Å². The zero-order valence-corrected chi connectivity index (χ0v) is 17.2. The number of benzene rings is 2. The second-order valence-electron chi connectivity index (χ2n) is 5.97. The Balaban J connectivity index is 1.90. The number of esters is 2. The Hall–Kier alpha value is -3.52. The topological polar surface area (TPSA) is 92.7 Å². The number of methoxy groups -OCH3 is 3. The van der Waals surface area contributed by atoms with Gasteiger partial charge in [0.05, 0.1) is 26.4 Å². The van der Waals surface area contributed by atoms with Crippen molar-refractivity contribution in [3.8, 4) is 17.2 Å². The molecule has 9 heteroatoms. The van der Waals surface area contributed by atoms with E-state index >= 15 is 0 Å². The van der Waals surface area contributed by atoms with E-state index in [4.69, 9.17) is 30.5 Å². The minimum Gasteiger partial charge on any atom is -0.497 e. The molecule has 0 saturated heterocycles. The lowest BCUT2D eigenvalue weighted by Crippen LogP contribution is -2.13. The fourth-order valence-corrected chi connectivity index (χ4v) is 2.87. The Bertz CT molecular complexity index is 1050. The van der Waals surface area contributed by atoms with Crippen molar-refractivity contribution in [2.75, 3.05) is 27.9 Å². The Morgan fingerprint density at radius 3 is 2.67 bits per heavy atom. The summed E-state index contributed by atoms with van der Waals surface area (Å²) >= 11 is 6.27. The Kier molecular flexibility index (Phi) is 6.58. The Labute approximate surface area is 177 Å². The van der Waals surface area contributed by atoms with E-state index in [1.54, 1.807) is 43.5 Å². The zero-order valence-electron chi connectivity index (χ0n) is 16.4. The van der Waals surface area contributed by atoms with Crippen LogP contribution in [0.1, 0.15) is 11.1 Å². The summed E-state index contributed by atoms with van der Waals surface area (Å²) in [5, 5.41) is 0.188. The van der Waals surface area contributed by atoms with Gasteiger partial charge in [0.25, 0.3) is 0 Å². The van der Waals surface area contributed by atoms with Crippen molar-refractivity contribution >= 4 is 35.5 Å². The van der Waals surface area contributed by atoms with Crippen molar-refractivity contribution in [1.82, 2.24) is 0 Å². The molecule has 0 fully saturated rings. The summed E-state index contributed by atoms with van der Waals surface area (Å²) in [5.41, 5.74) is 1.23. The first-order valence-corrected chi connectivity index (χ1v) is 9.07. The van der Waals surface area contributed by atoms with Crippen LogP contribution in [0.2, 0.25) is 5.02 Å². The van der Waals surface area contributed by atoms with Crippen LogP contribution in [-0.2, 0) is 19.1 Å². The van der Waals surface area contributed by atoms with Gasteiger partial charge in [-0.25, -0.2) is 14.6 Å². The highest BCUT2D eigenvalue weighted by Gasteiger charge is 2.25. The maximum atomic E-state index is 12.3. The molecule has 0 unspecified atom stereocenters. The fourth-order valence-electron chi connectivity index (χ4n) is 2.60. The van der Waals surface area contributed by atoms with Crippen LogP contribution in [0, 0.1) is 0 Å². The molecular weight excluding hydrogens is 414 g/mol. The number of carbonyl (C=O) groups is 2. The molecule has 0 atom stereocenters. The molecule has 2 aromatic carbocycles. The first-order chi connectivity index (χ1) is 14.4. The number of hydrogen-bond acceptors (Lipinski definition) is 8. The van der Waals surface area contributed by atoms with Gasteiger partial charge in [0.2, 0.25) is 5.90 Å². The molecule has 0 amide bonds. The SMILES string of the molecule is COC(=O)COc1c(Cl)cc(/C=C2/N=C(c3cccc(OC)c3)OC2=O)cc1OC. The van der Waals surface area contributed by atoms with Crippen molar-refractivity contribution in [2.24, 2.45) is 4.99 Å². The number of hydrogen-bond donors (Lipinski definition) is 0. The largest absolute Gasteiger partial charge is 0.497 e. The highest BCUT2D eigenvalue weighted by molar-refractivity contribution is 6.32. The average molecular weight is 432 g/mol. The third kappa shape index (κ3) is 4.72. The Morgan fingerprint density at radius 2 is 1.97 bits per heavy atom. The minimum atomic E-state index is -0.603. The third-order valence-electron chi connectivity index (χ3n) is 4.05. The van der Waals surface area contributed by atoms with Gasteiger partial charge < -0.3 is 23.7 Å². The monoisotopic (exact) mass is 431 g/mol. The molecule has 30 heavy (non-hydrogen) atoms. The van der Waals surface area contributed by atoms with Crippen LogP contribution < -0.4 is 14.2 Å². The van der Waals surface area contributed by atoms with Crippen LogP contribution in [0.25, 0.3) is 6.08 Å². The normalized spacial score (nSPS) is 14.2. The molecule has 0 saturated carbocycles. The lowest BCUT2D eigenvalue weighted by atomic mass is 10.1. The summed E-state index contributed by atoms with van der Waals surface area (Å²) in [5.74, 6) is 0.0771. The number of halogens is 1. The summed E-state index contributed by atoms with van der Waals surface area (Å²) < 4.78 is 25.6. The predicted octanol–water partition coefficient (Wildman–Crippen LogP) is 3.25. The van der Waals surface area contributed by atoms with E-state index in [1.807, 2.05) is 0 Å². The molecule has 1 heterocycles. The van der Waals surface area contributed by atoms with E-state index in [0.29, 0.717) is 16.9 Å². The maximum Gasteiger partial charge on any atom is 0.363 e. The molecular formula is C21H18ClNO7. The molecule has 0 spiro atoms. The summed E-state index contributed by atoms with van der Waals surface area (Å²) in [6.07, 6.45) is 1.51. The van der Waals surface area contributed by atoms with E-state index in [1.165, 1.54) is 20.3 Å². The van der Waals surface area contributed by atoms with Crippen LogP contribution in [0.5, 0.6) is 17.2 Å². The first-order valence-electron chi connectivity index (χ1n) is 8.69. The van der Waals surface area contributed by atoms with Crippen molar-refractivity contribution < 1.29 is 33.3 Å². The third-order valence-corrected chi connectivity index (χ3v) is 4.34. The van der Waals surface area contributed by atoms with Crippen molar-refractivity contribution in [2.45, 2.75) is 0 Å². The van der Waals surface area contributed by atoms with Gasteiger partial charge in [0.1, 0.15) is 5.75 Å². The lowest BCUT2D eigenvalue weighted by molar-refractivity contribution is -0.143. The standard InChI is InChI=1S/C21H18ClNO7/c1-26-14-6-4-5-13(10-14)20-23-16(21(25)30-20)8-12-7-15(22)19(17(9-12)27-2)29-11-18(24)28-3/h4-10H,11H2,1-3H3/b16-8+. The van der Waals surface area contributed by atoms with Crippen LogP contribution >= 0.6 is 11.6 Å². The smallest absolute Gasteiger partial charge is 0.363 e. The number of carbonyl (C=O) groups excluding carboxylic acids is 2. The second-order valence-corrected chi connectivity index (χ2v) is 6.37. The van der Waals surface area contributed by atoms with Gasteiger partial charge in [-0.2, -0.15) is 0 Å². The summed E-state index contributed by atoms with van der Waals surface area (Å²) in [6, 6.07) is 10.2. The molecule has 0 radical (unpaired) electrons. The fraction of sp³-hybridized carbons (Fsp3) is 0.190. The van der Waals surface area contributed by atoms with Gasteiger partial charge in [-0.15, -0.1) is 0 Å². The lowest BCUT2D eigenvalue weighted by Gasteiger charge is -2.12. The second kappa shape index (κ2) is 9.32. The van der Waals surface area contributed by atoms with Crippen LogP contribution in [0.3, 0.4) is 0 Å². The van der Waals surface area contributed by atoms with Crippen molar-refractivity contribution in [3.05, 3.63) is 58.2 Å². The molecule has 0 aliphatic carbocycles. The summed E-state index contributed by atoms with van der Waals surface area (Å²) in [7, 11) is 4.22. The molecule has 1 aliphatic rings. The Morgan fingerprint density at radius 1 is 1.17 bits per heavy atom. The van der Waals surface area contributed by atoms with Gasteiger partial charge in [-0.1, -0.05) is 17.7 Å². The molecule has 2 aromatic rings. The van der Waals surface area contributed by atoms with E-state index in [0.717, 1.165) is 0 Å². The van der Waals surface area contributed by atoms with E-state index in [-0.39, 0.29) is 34.7 Å². The highest BCUT2D eigenvalue weighted by atomic mass is 35.5. The maximum absolute atomic E-state index is 12.3. The van der Waals surface area contributed by atoms with Crippen LogP contribution in [0.4, 0.5) is 0 Å². The van der Waals surface area contributed by atoms with Gasteiger partial charge in [-0.05, 0) is 42.0 Å². The van der Waals surface area contributed by atoms with Crippen LogP contribution in [-0.4, -0.2) is 45.8 Å². The van der Waals surface area contributed by atoms with Crippen molar-refractivity contribution in [3.63, 3.8) is 0 Å².